The summed E-state index contributed by atoms with van der Waals surface area (Å²) in [4.78, 5) is 16.8. The third-order valence-corrected chi connectivity index (χ3v) is 6.62. The van der Waals surface area contributed by atoms with Crippen molar-refractivity contribution in [1.82, 2.24) is 9.71 Å². The lowest BCUT2D eigenvalue weighted by molar-refractivity contribution is 0.0644. The number of pyridine rings is 1. The summed E-state index contributed by atoms with van der Waals surface area (Å²) < 4.78 is 31.1. The number of hydrogen-bond acceptors (Lipinski definition) is 6. The minimum Gasteiger partial charge on any atom is -0.474 e. The van der Waals surface area contributed by atoms with Gasteiger partial charge in [0.2, 0.25) is 15.9 Å². The highest BCUT2D eigenvalue weighted by molar-refractivity contribution is 7.89. The smallest absolute Gasteiger partial charge is 0.332 e. The van der Waals surface area contributed by atoms with Gasteiger partial charge in [0.25, 0.3) is 0 Å². The predicted molar refractivity (Wildman–Crippen MR) is 122 cm³/mol. The van der Waals surface area contributed by atoms with Gasteiger partial charge < -0.3 is 15.2 Å². The summed E-state index contributed by atoms with van der Waals surface area (Å²) in [7, 11) is -3.68. The van der Waals surface area contributed by atoms with Crippen molar-refractivity contribution in [3.8, 4) is 17.0 Å². The molecule has 0 spiro atoms. The molecule has 1 heterocycles. The molecule has 0 bridgehead atoms. The molecular formula is C23H29N3O5S. The molecule has 1 saturated carbocycles. The number of ether oxygens (including phenoxy) is 1. The first-order chi connectivity index (χ1) is 15.2. The molecular weight excluding hydrogens is 430 g/mol. The Hall–Kier alpha value is -2.65. The lowest BCUT2D eigenvalue weighted by Gasteiger charge is -2.26. The second kappa shape index (κ2) is 9.07. The topological polar surface area (TPSA) is 118 Å². The van der Waals surface area contributed by atoms with E-state index in [4.69, 9.17) is 4.74 Å². The fraction of sp³-hybridized carbons (Fsp3) is 0.478. The second-order valence-electron chi connectivity index (χ2n) is 8.69. The Morgan fingerprint density at radius 2 is 1.94 bits per heavy atom. The zero-order valence-corrected chi connectivity index (χ0v) is 19.2. The molecule has 172 valence electrons. The monoisotopic (exact) mass is 459 g/mol. The number of benzene rings is 1. The van der Waals surface area contributed by atoms with Crippen LogP contribution in [0.15, 0.2) is 24.4 Å². The molecule has 0 saturated heterocycles. The number of amides is 2. The largest absolute Gasteiger partial charge is 0.474 e. The maximum Gasteiger partial charge on any atom is 0.332 e. The Morgan fingerprint density at radius 3 is 2.66 bits per heavy atom. The molecule has 1 aromatic heterocycles. The number of nitrogens with one attached hydrogen (secondary N) is 2. The Bertz CT molecular complexity index is 1120. The van der Waals surface area contributed by atoms with E-state index in [1.165, 1.54) is 5.56 Å². The maximum atomic E-state index is 12.4. The van der Waals surface area contributed by atoms with Crippen LogP contribution in [0.3, 0.4) is 0 Å². The molecule has 3 N–H and O–H groups in total. The van der Waals surface area contributed by atoms with Gasteiger partial charge in [0.15, 0.2) is 0 Å². The Balaban J connectivity index is 1.68. The first-order valence-corrected chi connectivity index (χ1v) is 12.8. The third-order valence-electron chi connectivity index (χ3n) is 6.07. The predicted octanol–water partition coefficient (Wildman–Crippen LogP) is 3.31. The van der Waals surface area contributed by atoms with Crippen LogP contribution in [0.4, 0.5) is 10.5 Å². The number of aryl methyl sites for hydroxylation is 2. The minimum absolute atomic E-state index is 0.0143. The van der Waals surface area contributed by atoms with E-state index >= 15 is 0 Å². The van der Waals surface area contributed by atoms with Crippen LogP contribution in [-0.4, -0.2) is 43.0 Å². The van der Waals surface area contributed by atoms with Crippen molar-refractivity contribution < 1.29 is 23.1 Å². The Labute approximate surface area is 188 Å². The molecule has 9 heteroatoms. The normalized spacial score (nSPS) is 20.5. The second-order valence-corrected chi connectivity index (χ2v) is 10.4. The molecule has 2 aliphatic carbocycles. The van der Waals surface area contributed by atoms with E-state index in [2.05, 4.69) is 16.4 Å². The van der Waals surface area contributed by atoms with Crippen LogP contribution in [0.25, 0.3) is 11.1 Å². The first kappa shape index (κ1) is 22.5. The van der Waals surface area contributed by atoms with Gasteiger partial charge in [-0.05, 0) is 80.2 Å². The molecule has 1 aromatic carbocycles. The summed E-state index contributed by atoms with van der Waals surface area (Å²) in [5.41, 5.74) is 5.50. The summed E-state index contributed by atoms with van der Waals surface area (Å²) in [6, 6.07) is 5.08. The van der Waals surface area contributed by atoms with E-state index in [1.807, 2.05) is 23.8 Å². The molecule has 0 aliphatic heterocycles. The fourth-order valence-corrected chi connectivity index (χ4v) is 5.06. The van der Waals surface area contributed by atoms with E-state index in [0.717, 1.165) is 73.5 Å². The number of urea groups is 1. The lowest BCUT2D eigenvalue weighted by Crippen LogP contribution is -2.34. The van der Waals surface area contributed by atoms with Crippen LogP contribution in [0.2, 0.25) is 0 Å². The van der Waals surface area contributed by atoms with Gasteiger partial charge in [0, 0.05) is 17.8 Å². The molecule has 2 aromatic rings. The summed E-state index contributed by atoms with van der Waals surface area (Å²) in [5.74, 6) is 0.496. The van der Waals surface area contributed by atoms with Crippen molar-refractivity contribution in [3.63, 3.8) is 0 Å². The highest BCUT2D eigenvalue weighted by Gasteiger charge is 2.24. The zero-order valence-electron chi connectivity index (χ0n) is 18.3. The SMILES string of the molecule is Cc1cc2c(c(NC(=O)NS(C)(=O)=O)c1-c1ccnc(OC3CCC(O)CC3)c1)CCC2. The number of anilines is 1. The minimum atomic E-state index is -3.68. The summed E-state index contributed by atoms with van der Waals surface area (Å²) in [6.45, 7) is 1.98. The molecule has 2 amide bonds. The number of carbonyl (C=O) groups excluding carboxylic acids is 1. The van der Waals surface area contributed by atoms with Crippen LogP contribution in [0, 0.1) is 6.92 Å². The third kappa shape index (κ3) is 5.21. The molecule has 8 nitrogen and oxygen atoms in total. The molecule has 4 rings (SSSR count). The highest BCUT2D eigenvalue weighted by atomic mass is 32.2. The van der Waals surface area contributed by atoms with E-state index in [0.29, 0.717) is 11.6 Å². The number of aliphatic hydroxyl groups is 1. The van der Waals surface area contributed by atoms with Gasteiger partial charge in [0.05, 0.1) is 18.0 Å². The standard InChI is InChI=1S/C23H29N3O5S/c1-14-12-15-4-3-5-19(15)22(25-23(28)26-32(2,29)30)21(14)16-10-11-24-20(13-16)31-18-8-6-17(27)7-9-18/h10-13,17-18,27H,3-9H2,1-2H3,(H2,25,26,28). The van der Waals surface area contributed by atoms with Crippen LogP contribution < -0.4 is 14.8 Å². The molecule has 0 atom stereocenters. The molecule has 32 heavy (non-hydrogen) atoms. The van der Waals surface area contributed by atoms with Gasteiger partial charge in [-0.15, -0.1) is 0 Å². The average molecular weight is 460 g/mol. The number of nitrogens with zero attached hydrogens (tertiary/aromatic N) is 1. The number of aliphatic hydroxyl groups excluding tert-OH is 1. The van der Waals surface area contributed by atoms with Crippen molar-refractivity contribution in [2.24, 2.45) is 0 Å². The number of fused-ring (bicyclic) bond motifs is 1. The van der Waals surface area contributed by atoms with E-state index < -0.39 is 16.1 Å². The number of rotatable bonds is 5. The number of hydrogen-bond donors (Lipinski definition) is 3. The highest BCUT2D eigenvalue weighted by Crippen LogP contribution is 2.41. The lowest BCUT2D eigenvalue weighted by atomic mass is 9.93. The number of carbonyl (C=O) groups is 1. The van der Waals surface area contributed by atoms with Crippen molar-refractivity contribution in [1.29, 1.82) is 0 Å². The van der Waals surface area contributed by atoms with Crippen molar-refractivity contribution in [2.45, 2.75) is 64.1 Å². The van der Waals surface area contributed by atoms with Crippen molar-refractivity contribution >= 4 is 21.7 Å². The van der Waals surface area contributed by atoms with Gasteiger partial charge in [0.1, 0.15) is 6.10 Å². The fourth-order valence-electron chi connectivity index (χ4n) is 4.67. The summed E-state index contributed by atoms with van der Waals surface area (Å²) in [6.07, 6.45) is 8.12. The van der Waals surface area contributed by atoms with Gasteiger partial charge in [-0.1, -0.05) is 6.07 Å². The van der Waals surface area contributed by atoms with Crippen molar-refractivity contribution in [3.05, 3.63) is 41.1 Å². The van der Waals surface area contributed by atoms with Gasteiger partial charge in [-0.2, -0.15) is 0 Å². The molecule has 2 aliphatic rings. The van der Waals surface area contributed by atoms with Crippen LogP contribution in [0.1, 0.15) is 48.8 Å². The summed E-state index contributed by atoms with van der Waals surface area (Å²) in [5, 5.41) is 12.5. The van der Waals surface area contributed by atoms with E-state index in [-0.39, 0.29) is 12.2 Å². The van der Waals surface area contributed by atoms with E-state index in [9.17, 15) is 18.3 Å². The van der Waals surface area contributed by atoms with Gasteiger partial charge >= 0.3 is 6.03 Å². The zero-order chi connectivity index (χ0) is 22.9. The Morgan fingerprint density at radius 1 is 1.19 bits per heavy atom. The molecule has 1 fully saturated rings. The van der Waals surface area contributed by atoms with Crippen LogP contribution in [0.5, 0.6) is 5.88 Å². The first-order valence-electron chi connectivity index (χ1n) is 10.9. The number of aromatic nitrogens is 1. The molecule has 0 unspecified atom stereocenters. The van der Waals surface area contributed by atoms with Crippen LogP contribution >= 0.6 is 0 Å². The Kier molecular flexibility index (Phi) is 6.39. The number of sulfonamides is 1. The van der Waals surface area contributed by atoms with Crippen molar-refractivity contribution in [2.75, 3.05) is 11.6 Å². The van der Waals surface area contributed by atoms with E-state index in [1.54, 1.807) is 6.20 Å². The van der Waals surface area contributed by atoms with Gasteiger partial charge in [-0.25, -0.2) is 22.9 Å². The molecule has 0 radical (unpaired) electrons. The van der Waals surface area contributed by atoms with Crippen LogP contribution in [-0.2, 0) is 22.9 Å². The quantitative estimate of drug-likeness (QED) is 0.631. The maximum absolute atomic E-state index is 12.4. The average Bonchev–Trinajstić information content (AvgIpc) is 3.17. The van der Waals surface area contributed by atoms with Gasteiger partial charge in [-0.3, -0.25) is 0 Å². The summed E-state index contributed by atoms with van der Waals surface area (Å²) >= 11 is 0.